The number of halogens is 1. The smallest absolute Gasteiger partial charge is 0.231 e. The lowest BCUT2D eigenvalue weighted by Crippen LogP contribution is -2.50. The van der Waals surface area contributed by atoms with Crippen molar-refractivity contribution in [2.75, 3.05) is 51.5 Å². The van der Waals surface area contributed by atoms with E-state index in [9.17, 15) is 9.18 Å². The van der Waals surface area contributed by atoms with E-state index in [1.807, 2.05) is 54.6 Å². The molecule has 0 unspecified atom stereocenters. The zero-order valence-corrected chi connectivity index (χ0v) is 20.3. The molecule has 1 N–H and O–H groups in total. The van der Waals surface area contributed by atoms with E-state index in [-0.39, 0.29) is 24.6 Å². The first-order valence-electron chi connectivity index (χ1n) is 12.1. The van der Waals surface area contributed by atoms with Crippen molar-refractivity contribution in [3.63, 3.8) is 0 Å². The van der Waals surface area contributed by atoms with E-state index in [0.29, 0.717) is 13.0 Å². The average molecular weight is 492 g/mol. The standard InChI is InChI=1S/C28H30FN3O4/c1-34-24-9-2-20(3-10-24)16-28(33)30-18-25(21-4-11-26-27(17-21)36-19-35-26)32-14-12-31(13-15-32)23-7-5-22(29)6-8-23/h2-11,17,25H,12-16,18-19H2,1H3,(H,30,33)/t25-/m0/s1. The van der Waals surface area contributed by atoms with Crippen LogP contribution >= 0.6 is 0 Å². The molecule has 0 aromatic heterocycles. The predicted molar refractivity (Wildman–Crippen MR) is 135 cm³/mol. The van der Waals surface area contributed by atoms with Gasteiger partial charge in [-0.3, -0.25) is 9.69 Å². The summed E-state index contributed by atoms with van der Waals surface area (Å²) in [5.41, 5.74) is 3.02. The lowest BCUT2D eigenvalue weighted by Gasteiger charge is -2.40. The van der Waals surface area contributed by atoms with E-state index >= 15 is 0 Å². The number of anilines is 1. The van der Waals surface area contributed by atoms with Crippen molar-refractivity contribution in [2.24, 2.45) is 0 Å². The molecule has 0 bridgehead atoms. The molecular formula is C28H30FN3O4. The highest BCUT2D eigenvalue weighted by Crippen LogP contribution is 2.35. The number of amides is 1. The van der Waals surface area contributed by atoms with Crippen LogP contribution < -0.4 is 24.4 Å². The Morgan fingerprint density at radius 2 is 1.69 bits per heavy atom. The SMILES string of the molecule is COc1ccc(CC(=O)NC[C@@H](c2ccc3c(c2)OCO3)N2CCN(c3ccc(F)cc3)CC2)cc1. The number of ether oxygens (including phenoxy) is 3. The van der Waals surface area contributed by atoms with Gasteiger partial charge in [-0.05, 0) is 59.7 Å². The number of hydrogen-bond acceptors (Lipinski definition) is 6. The Morgan fingerprint density at radius 1 is 0.972 bits per heavy atom. The van der Waals surface area contributed by atoms with E-state index in [1.165, 1.54) is 12.1 Å². The highest BCUT2D eigenvalue weighted by atomic mass is 19.1. The number of hydrogen-bond donors (Lipinski definition) is 1. The first-order valence-corrected chi connectivity index (χ1v) is 12.1. The molecule has 5 rings (SSSR count). The number of carbonyl (C=O) groups excluding carboxylic acids is 1. The highest BCUT2D eigenvalue weighted by molar-refractivity contribution is 5.78. The maximum Gasteiger partial charge on any atom is 0.231 e. The van der Waals surface area contributed by atoms with Gasteiger partial charge in [0.25, 0.3) is 0 Å². The molecule has 1 saturated heterocycles. The Hall–Kier alpha value is -3.78. The van der Waals surface area contributed by atoms with Gasteiger partial charge >= 0.3 is 0 Å². The molecule has 2 heterocycles. The summed E-state index contributed by atoms with van der Waals surface area (Å²) in [7, 11) is 1.62. The van der Waals surface area contributed by atoms with Gasteiger partial charge in [0.05, 0.1) is 19.6 Å². The van der Waals surface area contributed by atoms with E-state index in [1.54, 1.807) is 7.11 Å². The molecule has 3 aromatic rings. The third kappa shape index (κ3) is 5.54. The molecule has 2 aliphatic heterocycles. The van der Waals surface area contributed by atoms with Gasteiger partial charge in [-0.25, -0.2) is 4.39 Å². The van der Waals surface area contributed by atoms with Crippen LogP contribution in [0.4, 0.5) is 10.1 Å². The van der Waals surface area contributed by atoms with Gasteiger partial charge in [0.15, 0.2) is 11.5 Å². The number of nitrogens with one attached hydrogen (secondary N) is 1. The molecule has 1 amide bonds. The van der Waals surface area contributed by atoms with E-state index < -0.39 is 0 Å². The van der Waals surface area contributed by atoms with Crippen LogP contribution in [-0.4, -0.2) is 57.4 Å². The van der Waals surface area contributed by atoms with E-state index in [2.05, 4.69) is 15.1 Å². The molecule has 3 aromatic carbocycles. The van der Waals surface area contributed by atoms with E-state index in [4.69, 9.17) is 14.2 Å². The van der Waals surface area contributed by atoms with Crippen LogP contribution in [0.25, 0.3) is 0 Å². The fourth-order valence-corrected chi connectivity index (χ4v) is 4.72. The molecule has 0 radical (unpaired) electrons. The topological polar surface area (TPSA) is 63.3 Å². The van der Waals surface area contributed by atoms with Gasteiger partial charge in [0.1, 0.15) is 11.6 Å². The minimum atomic E-state index is -0.231. The van der Waals surface area contributed by atoms with Crippen LogP contribution in [0.5, 0.6) is 17.2 Å². The third-order valence-electron chi connectivity index (χ3n) is 6.74. The maximum atomic E-state index is 13.3. The van der Waals surface area contributed by atoms with Crippen LogP contribution in [0, 0.1) is 5.82 Å². The number of methoxy groups -OCH3 is 1. The van der Waals surface area contributed by atoms with Crippen molar-refractivity contribution in [2.45, 2.75) is 12.5 Å². The second-order valence-corrected chi connectivity index (χ2v) is 8.96. The second-order valence-electron chi connectivity index (χ2n) is 8.96. The predicted octanol–water partition coefficient (Wildman–Crippen LogP) is 3.79. The van der Waals surface area contributed by atoms with Gasteiger partial charge in [-0.2, -0.15) is 0 Å². The lowest BCUT2D eigenvalue weighted by molar-refractivity contribution is -0.120. The first kappa shape index (κ1) is 23.9. The molecule has 0 saturated carbocycles. The van der Waals surface area contributed by atoms with Crippen molar-refractivity contribution >= 4 is 11.6 Å². The molecule has 0 aliphatic carbocycles. The molecule has 36 heavy (non-hydrogen) atoms. The minimum Gasteiger partial charge on any atom is -0.497 e. The molecule has 188 valence electrons. The number of rotatable bonds is 8. The summed E-state index contributed by atoms with van der Waals surface area (Å²) in [5, 5.41) is 3.13. The fraction of sp³-hybridized carbons (Fsp3) is 0.321. The maximum absolute atomic E-state index is 13.3. The van der Waals surface area contributed by atoms with Gasteiger partial charge in [0.2, 0.25) is 12.7 Å². The second kappa shape index (κ2) is 10.9. The Kier molecular flexibility index (Phi) is 7.23. The molecular weight excluding hydrogens is 461 g/mol. The molecule has 1 fully saturated rings. The Labute approximate surface area is 210 Å². The fourth-order valence-electron chi connectivity index (χ4n) is 4.72. The van der Waals surface area contributed by atoms with Gasteiger partial charge in [0, 0.05) is 38.4 Å². The summed E-state index contributed by atoms with van der Waals surface area (Å²) >= 11 is 0. The van der Waals surface area contributed by atoms with Crippen molar-refractivity contribution in [1.29, 1.82) is 0 Å². The van der Waals surface area contributed by atoms with Crippen LogP contribution in [0.2, 0.25) is 0 Å². The molecule has 7 nitrogen and oxygen atoms in total. The largest absolute Gasteiger partial charge is 0.497 e. The van der Waals surface area contributed by atoms with Crippen molar-refractivity contribution in [3.05, 3.63) is 83.7 Å². The minimum absolute atomic E-state index is 0.0188. The quantitative estimate of drug-likeness (QED) is 0.518. The number of fused-ring (bicyclic) bond motifs is 1. The average Bonchev–Trinajstić information content (AvgIpc) is 3.38. The Balaban J connectivity index is 1.26. The molecule has 2 aliphatic rings. The normalized spacial score (nSPS) is 16.0. The highest BCUT2D eigenvalue weighted by Gasteiger charge is 2.27. The lowest BCUT2D eigenvalue weighted by atomic mass is 10.0. The number of benzene rings is 3. The number of nitrogens with zero attached hydrogens (tertiary/aromatic N) is 2. The summed E-state index contributed by atoms with van der Waals surface area (Å²) in [6.45, 7) is 3.94. The number of piperazine rings is 1. The number of carbonyl (C=O) groups is 1. The van der Waals surface area contributed by atoms with Crippen LogP contribution in [0.1, 0.15) is 17.2 Å². The summed E-state index contributed by atoms with van der Waals surface area (Å²) < 4.78 is 29.6. The van der Waals surface area contributed by atoms with Gasteiger partial charge < -0.3 is 24.4 Å². The van der Waals surface area contributed by atoms with Crippen LogP contribution in [-0.2, 0) is 11.2 Å². The van der Waals surface area contributed by atoms with Crippen molar-refractivity contribution in [1.82, 2.24) is 10.2 Å². The van der Waals surface area contributed by atoms with Crippen molar-refractivity contribution < 1.29 is 23.4 Å². The zero-order chi connectivity index (χ0) is 24.9. The summed E-state index contributed by atoms with van der Waals surface area (Å²) in [4.78, 5) is 17.4. The van der Waals surface area contributed by atoms with Crippen molar-refractivity contribution in [3.8, 4) is 17.2 Å². The first-order chi connectivity index (χ1) is 17.6. The summed E-state index contributed by atoms with van der Waals surface area (Å²) in [6.07, 6.45) is 0.302. The Bertz CT molecular complexity index is 1180. The third-order valence-corrected chi connectivity index (χ3v) is 6.74. The van der Waals surface area contributed by atoms with Gasteiger partial charge in [-0.1, -0.05) is 18.2 Å². The summed E-state index contributed by atoms with van der Waals surface area (Å²) in [5.74, 6) is 1.97. The molecule has 0 spiro atoms. The monoisotopic (exact) mass is 491 g/mol. The molecule has 1 atom stereocenters. The van der Waals surface area contributed by atoms with Gasteiger partial charge in [-0.15, -0.1) is 0 Å². The zero-order valence-electron chi connectivity index (χ0n) is 20.3. The van der Waals surface area contributed by atoms with Crippen LogP contribution in [0.3, 0.4) is 0 Å². The van der Waals surface area contributed by atoms with Crippen LogP contribution in [0.15, 0.2) is 66.7 Å². The molecule has 8 heteroatoms. The summed E-state index contributed by atoms with van der Waals surface area (Å²) in [6, 6.07) is 20.1. The Morgan fingerprint density at radius 3 is 2.42 bits per heavy atom. The van der Waals surface area contributed by atoms with E-state index in [0.717, 1.165) is 60.2 Å².